The molecule has 0 aliphatic carbocycles. The van der Waals surface area contributed by atoms with Gasteiger partial charge in [0.05, 0.1) is 18.9 Å². The van der Waals surface area contributed by atoms with Gasteiger partial charge in [-0.3, -0.25) is 4.90 Å². The van der Waals surface area contributed by atoms with E-state index in [1.165, 1.54) is 23.1 Å². The van der Waals surface area contributed by atoms with Gasteiger partial charge in [-0.1, -0.05) is 0 Å². The van der Waals surface area contributed by atoms with Crippen molar-refractivity contribution in [2.75, 3.05) is 50.0 Å². The van der Waals surface area contributed by atoms with Gasteiger partial charge in [-0.05, 0) is 42.8 Å². The number of nitrogens with zero attached hydrogens (tertiary/aromatic N) is 4. The Morgan fingerprint density at radius 2 is 1.77 bits per heavy atom. The second kappa shape index (κ2) is 9.19. The Bertz CT molecular complexity index is 993. The van der Waals surface area contributed by atoms with E-state index >= 15 is 0 Å². The zero-order valence-corrected chi connectivity index (χ0v) is 16.7. The van der Waals surface area contributed by atoms with E-state index in [4.69, 9.17) is 4.74 Å². The van der Waals surface area contributed by atoms with E-state index in [1.807, 2.05) is 19.1 Å². The molecule has 0 unspecified atom stereocenters. The van der Waals surface area contributed by atoms with Crippen LogP contribution in [0.4, 0.5) is 26.1 Å². The van der Waals surface area contributed by atoms with Crippen molar-refractivity contribution in [3.05, 3.63) is 59.9 Å². The molecule has 3 aromatic rings. The third kappa shape index (κ3) is 5.31. The molecular formula is C21H28F2N6O. The lowest BCUT2D eigenvalue weighted by atomic mass is 10.2. The largest absolute Gasteiger partial charge is 0.384 e. The number of anilines is 3. The van der Waals surface area contributed by atoms with E-state index in [0.29, 0.717) is 5.95 Å². The summed E-state index contributed by atoms with van der Waals surface area (Å²) in [5.74, 6) is -0.993. The lowest BCUT2D eigenvalue weighted by Crippen LogP contribution is -2.39. The molecule has 162 valence electrons. The number of nitrogens with one attached hydrogen (secondary N) is 2. The zero-order chi connectivity index (χ0) is 20.9. The summed E-state index contributed by atoms with van der Waals surface area (Å²) in [6.07, 6.45) is 1.41. The highest BCUT2D eigenvalue weighted by molar-refractivity contribution is 5.63. The molecule has 1 aliphatic heterocycles. The van der Waals surface area contributed by atoms with Crippen LogP contribution in [0, 0.1) is 18.6 Å². The van der Waals surface area contributed by atoms with Gasteiger partial charge in [0.2, 0.25) is 5.95 Å². The molecule has 2 N–H and O–H groups in total. The maximum atomic E-state index is 13.4. The molecule has 0 spiro atoms. The molecule has 1 aliphatic rings. The molecule has 1 fully saturated rings. The lowest BCUT2D eigenvalue weighted by molar-refractivity contribution is 0.0398. The van der Waals surface area contributed by atoms with Gasteiger partial charge < -0.3 is 15.4 Å². The summed E-state index contributed by atoms with van der Waals surface area (Å²) in [6, 6.07) is 9.26. The van der Waals surface area contributed by atoms with Crippen LogP contribution in [-0.4, -0.2) is 59.1 Å². The first-order valence-corrected chi connectivity index (χ1v) is 9.86. The van der Waals surface area contributed by atoms with E-state index in [9.17, 15) is 8.78 Å². The van der Waals surface area contributed by atoms with Crippen molar-refractivity contribution in [2.45, 2.75) is 6.92 Å². The van der Waals surface area contributed by atoms with Crippen molar-refractivity contribution in [1.29, 1.82) is 0 Å². The Kier molecular flexibility index (Phi) is 6.20. The summed E-state index contributed by atoms with van der Waals surface area (Å²) in [5.41, 5.74) is 3.17. The summed E-state index contributed by atoms with van der Waals surface area (Å²) in [5, 5.41) is 10.9. The SMILES string of the molecule is Cc1cc(NCCN2CCOCC2)cc(Nc2ncn(-c3cc(F)cc(F)c3)n2)c1.[HH].[HH]. The summed E-state index contributed by atoms with van der Waals surface area (Å²) in [4.78, 5) is 6.56. The zero-order valence-electron chi connectivity index (χ0n) is 16.7. The fourth-order valence-corrected chi connectivity index (χ4v) is 3.39. The van der Waals surface area contributed by atoms with Crippen molar-refractivity contribution in [3.63, 3.8) is 0 Å². The molecule has 0 amide bonds. The number of hydrogen-bond acceptors (Lipinski definition) is 6. The van der Waals surface area contributed by atoms with Crippen molar-refractivity contribution in [3.8, 4) is 5.69 Å². The molecule has 0 bridgehead atoms. The first kappa shape index (κ1) is 20.2. The lowest BCUT2D eigenvalue weighted by Gasteiger charge is -2.26. The molecule has 2 heterocycles. The van der Waals surface area contributed by atoms with Gasteiger partial charge in [0.1, 0.15) is 18.0 Å². The van der Waals surface area contributed by atoms with E-state index in [0.717, 1.165) is 62.4 Å². The van der Waals surface area contributed by atoms with Gasteiger partial charge in [-0.15, -0.1) is 5.10 Å². The number of aromatic nitrogens is 3. The minimum absolute atomic E-state index is 0. The van der Waals surface area contributed by atoms with E-state index in [2.05, 4.69) is 31.7 Å². The smallest absolute Gasteiger partial charge is 0.246 e. The predicted molar refractivity (Wildman–Crippen MR) is 116 cm³/mol. The van der Waals surface area contributed by atoms with Crippen molar-refractivity contribution >= 4 is 17.3 Å². The van der Waals surface area contributed by atoms with Crippen LogP contribution in [0.25, 0.3) is 5.69 Å². The molecular weight excluding hydrogens is 390 g/mol. The number of hydrogen-bond donors (Lipinski definition) is 2. The maximum absolute atomic E-state index is 13.4. The van der Waals surface area contributed by atoms with E-state index in [1.54, 1.807) is 0 Å². The fourth-order valence-electron chi connectivity index (χ4n) is 3.39. The second-order valence-electron chi connectivity index (χ2n) is 7.23. The number of benzene rings is 2. The average molecular weight is 418 g/mol. The van der Waals surface area contributed by atoms with Gasteiger partial charge in [-0.25, -0.2) is 13.5 Å². The highest BCUT2D eigenvalue weighted by atomic mass is 19.1. The monoisotopic (exact) mass is 418 g/mol. The minimum atomic E-state index is -0.665. The van der Waals surface area contributed by atoms with Crippen LogP contribution in [0.3, 0.4) is 0 Å². The van der Waals surface area contributed by atoms with Gasteiger partial charge in [0.25, 0.3) is 0 Å². The van der Waals surface area contributed by atoms with Gasteiger partial charge in [0, 0.05) is 46.5 Å². The Balaban J connectivity index is 0.00000181. The highest BCUT2D eigenvalue weighted by Gasteiger charge is 2.10. The molecule has 0 atom stereocenters. The third-order valence-electron chi connectivity index (χ3n) is 4.80. The molecule has 9 heteroatoms. The average Bonchev–Trinajstić information content (AvgIpc) is 3.16. The molecule has 0 radical (unpaired) electrons. The maximum Gasteiger partial charge on any atom is 0.246 e. The standard InChI is InChI=1S/C21H24F2N6O.2H2/c1-15-8-18(24-2-3-28-4-6-30-7-5-28)13-19(9-15)26-21-25-14-29(27-21)20-11-16(22)10-17(23)12-20;;/h8-14,24H,2-7H2,1H3,(H,26,27);2*1H. The van der Waals surface area contributed by atoms with Gasteiger partial charge >= 0.3 is 0 Å². The minimum Gasteiger partial charge on any atom is -0.384 e. The van der Waals surface area contributed by atoms with Crippen LogP contribution in [0.5, 0.6) is 0 Å². The number of ether oxygens (including phenoxy) is 1. The summed E-state index contributed by atoms with van der Waals surface area (Å²) in [7, 11) is 0. The number of aryl methyl sites for hydroxylation is 1. The topological polar surface area (TPSA) is 67.2 Å². The first-order valence-electron chi connectivity index (χ1n) is 9.86. The molecule has 30 heavy (non-hydrogen) atoms. The number of morpholine rings is 1. The third-order valence-corrected chi connectivity index (χ3v) is 4.80. The quantitative estimate of drug-likeness (QED) is 0.608. The Morgan fingerprint density at radius 3 is 2.53 bits per heavy atom. The molecule has 4 rings (SSSR count). The normalized spacial score (nSPS) is 14.6. The highest BCUT2D eigenvalue weighted by Crippen LogP contribution is 2.21. The Hall–Kier alpha value is -3.04. The summed E-state index contributed by atoms with van der Waals surface area (Å²) >= 11 is 0. The van der Waals surface area contributed by atoms with Crippen molar-refractivity contribution < 1.29 is 16.4 Å². The number of rotatable bonds is 7. The van der Waals surface area contributed by atoms with E-state index < -0.39 is 11.6 Å². The fraction of sp³-hybridized carbons (Fsp3) is 0.333. The van der Waals surface area contributed by atoms with E-state index in [-0.39, 0.29) is 8.54 Å². The summed E-state index contributed by atoms with van der Waals surface area (Å²) < 4.78 is 33.6. The van der Waals surface area contributed by atoms with Crippen LogP contribution in [0.2, 0.25) is 0 Å². The van der Waals surface area contributed by atoms with Gasteiger partial charge in [0.15, 0.2) is 0 Å². The van der Waals surface area contributed by atoms with Crippen molar-refractivity contribution in [2.24, 2.45) is 0 Å². The number of halogens is 2. The molecule has 0 saturated carbocycles. The van der Waals surface area contributed by atoms with Gasteiger partial charge in [-0.2, -0.15) is 4.98 Å². The molecule has 2 aromatic carbocycles. The van der Waals surface area contributed by atoms with Crippen LogP contribution in [0.1, 0.15) is 8.42 Å². The Morgan fingerprint density at radius 1 is 1.03 bits per heavy atom. The predicted octanol–water partition coefficient (Wildman–Crippen LogP) is 3.83. The van der Waals surface area contributed by atoms with Crippen LogP contribution >= 0.6 is 0 Å². The molecule has 1 saturated heterocycles. The van der Waals surface area contributed by atoms with Crippen molar-refractivity contribution in [1.82, 2.24) is 19.7 Å². The van der Waals surface area contributed by atoms with Crippen LogP contribution in [0.15, 0.2) is 42.7 Å². The molecule has 7 nitrogen and oxygen atoms in total. The first-order chi connectivity index (χ1) is 14.5. The Labute approximate surface area is 176 Å². The van der Waals surface area contributed by atoms with Crippen LogP contribution < -0.4 is 10.6 Å². The second-order valence-corrected chi connectivity index (χ2v) is 7.23. The summed E-state index contributed by atoms with van der Waals surface area (Å²) in [6.45, 7) is 7.32. The van der Waals surface area contributed by atoms with Crippen LogP contribution in [-0.2, 0) is 4.74 Å². The molecule has 1 aromatic heterocycles.